The molecule has 2 aromatic rings. The van der Waals surface area contributed by atoms with E-state index in [2.05, 4.69) is 9.97 Å². The number of hydrogen-bond donors (Lipinski definition) is 1. The van der Waals surface area contributed by atoms with E-state index in [1.807, 2.05) is 0 Å². The number of nitrogens with zero attached hydrogens (tertiary/aromatic N) is 2. The van der Waals surface area contributed by atoms with Crippen molar-refractivity contribution in [2.45, 2.75) is 19.9 Å². The second kappa shape index (κ2) is 4.97. The molecule has 100 valence electrons. The number of rotatable bonds is 2. The summed E-state index contributed by atoms with van der Waals surface area (Å²) in [4.78, 5) is 8.13. The SMILES string of the molecule is Cc1nc(-c2cc(F)c(F)c(F)c2)ncc1C(C)N. The van der Waals surface area contributed by atoms with Gasteiger partial charge in [0.1, 0.15) is 0 Å². The lowest BCUT2D eigenvalue weighted by molar-refractivity contribution is 0.447. The molecule has 6 heteroatoms. The van der Waals surface area contributed by atoms with Gasteiger partial charge in [0.15, 0.2) is 23.3 Å². The summed E-state index contributed by atoms with van der Waals surface area (Å²) < 4.78 is 39.2. The van der Waals surface area contributed by atoms with Crippen LogP contribution in [0, 0.1) is 24.4 Å². The summed E-state index contributed by atoms with van der Waals surface area (Å²) in [6.07, 6.45) is 1.50. The maximum absolute atomic E-state index is 13.1. The van der Waals surface area contributed by atoms with E-state index in [0.717, 1.165) is 17.7 Å². The number of hydrogen-bond acceptors (Lipinski definition) is 3. The molecular formula is C13H12F3N3. The van der Waals surface area contributed by atoms with Crippen LogP contribution in [0.3, 0.4) is 0 Å². The lowest BCUT2D eigenvalue weighted by Crippen LogP contribution is -2.09. The average molecular weight is 267 g/mol. The summed E-state index contributed by atoms with van der Waals surface area (Å²) in [5.41, 5.74) is 7.16. The molecule has 0 saturated heterocycles. The number of aryl methyl sites for hydroxylation is 1. The van der Waals surface area contributed by atoms with Crippen LogP contribution in [0.15, 0.2) is 18.3 Å². The highest BCUT2D eigenvalue weighted by Crippen LogP contribution is 2.22. The van der Waals surface area contributed by atoms with Crippen molar-refractivity contribution < 1.29 is 13.2 Å². The third-order valence-electron chi connectivity index (χ3n) is 2.75. The van der Waals surface area contributed by atoms with Crippen molar-refractivity contribution in [2.75, 3.05) is 0 Å². The third-order valence-corrected chi connectivity index (χ3v) is 2.75. The van der Waals surface area contributed by atoms with Gasteiger partial charge in [-0.25, -0.2) is 23.1 Å². The van der Waals surface area contributed by atoms with Crippen molar-refractivity contribution in [1.29, 1.82) is 0 Å². The van der Waals surface area contributed by atoms with E-state index in [-0.39, 0.29) is 17.4 Å². The Balaban J connectivity index is 2.51. The molecule has 19 heavy (non-hydrogen) atoms. The molecule has 1 atom stereocenters. The highest BCUT2D eigenvalue weighted by Gasteiger charge is 2.14. The molecule has 2 rings (SSSR count). The molecule has 0 bridgehead atoms. The Bertz CT molecular complexity index is 604. The molecule has 1 aromatic carbocycles. The van der Waals surface area contributed by atoms with E-state index < -0.39 is 17.5 Å². The van der Waals surface area contributed by atoms with Crippen molar-refractivity contribution in [2.24, 2.45) is 5.73 Å². The largest absolute Gasteiger partial charge is 0.324 e. The van der Waals surface area contributed by atoms with Gasteiger partial charge < -0.3 is 5.73 Å². The topological polar surface area (TPSA) is 51.8 Å². The fraction of sp³-hybridized carbons (Fsp3) is 0.231. The Labute approximate surface area is 108 Å². The molecule has 0 saturated carbocycles. The molecule has 0 fully saturated rings. The fourth-order valence-electron chi connectivity index (χ4n) is 1.75. The molecule has 0 amide bonds. The summed E-state index contributed by atoms with van der Waals surface area (Å²) in [5, 5.41) is 0. The van der Waals surface area contributed by atoms with Crippen LogP contribution >= 0.6 is 0 Å². The van der Waals surface area contributed by atoms with Crippen LogP contribution in [0.25, 0.3) is 11.4 Å². The zero-order chi connectivity index (χ0) is 14.2. The zero-order valence-electron chi connectivity index (χ0n) is 10.4. The predicted octanol–water partition coefficient (Wildman–Crippen LogP) is 2.89. The quantitative estimate of drug-likeness (QED) is 0.851. The number of halogens is 3. The van der Waals surface area contributed by atoms with Crippen molar-refractivity contribution in [3.63, 3.8) is 0 Å². The zero-order valence-corrected chi connectivity index (χ0v) is 10.4. The Morgan fingerprint density at radius 2 is 1.74 bits per heavy atom. The second-order valence-corrected chi connectivity index (χ2v) is 4.28. The Morgan fingerprint density at radius 3 is 2.21 bits per heavy atom. The molecule has 0 spiro atoms. The van der Waals surface area contributed by atoms with Crippen LogP contribution in [-0.4, -0.2) is 9.97 Å². The van der Waals surface area contributed by atoms with Crippen molar-refractivity contribution in [3.05, 3.63) is 47.0 Å². The van der Waals surface area contributed by atoms with E-state index >= 15 is 0 Å². The van der Waals surface area contributed by atoms with Gasteiger partial charge in [-0.3, -0.25) is 0 Å². The minimum atomic E-state index is -1.51. The number of benzene rings is 1. The smallest absolute Gasteiger partial charge is 0.194 e. The Kier molecular flexibility index (Phi) is 3.53. The minimum Gasteiger partial charge on any atom is -0.324 e. The van der Waals surface area contributed by atoms with Gasteiger partial charge in [-0.05, 0) is 26.0 Å². The summed E-state index contributed by atoms with van der Waals surface area (Å²) in [6.45, 7) is 3.50. The summed E-state index contributed by atoms with van der Waals surface area (Å²) >= 11 is 0. The van der Waals surface area contributed by atoms with E-state index in [4.69, 9.17) is 5.73 Å². The van der Waals surface area contributed by atoms with Crippen LogP contribution in [-0.2, 0) is 0 Å². The van der Waals surface area contributed by atoms with Gasteiger partial charge in [-0.15, -0.1) is 0 Å². The summed E-state index contributed by atoms with van der Waals surface area (Å²) in [6, 6.07) is 1.48. The first-order valence-electron chi connectivity index (χ1n) is 5.64. The molecule has 3 nitrogen and oxygen atoms in total. The first kappa shape index (κ1) is 13.5. The van der Waals surface area contributed by atoms with Crippen molar-refractivity contribution >= 4 is 0 Å². The monoisotopic (exact) mass is 267 g/mol. The normalized spacial score (nSPS) is 12.5. The second-order valence-electron chi connectivity index (χ2n) is 4.28. The standard InChI is InChI=1S/C13H12F3N3/c1-6(17)9-5-18-13(19-7(9)2)8-3-10(14)12(16)11(15)4-8/h3-6H,17H2,1-2H3. The third kappa shape index (κ3) is 2.58. The van der Waals surface area contributed by atoms with Gasteiger partial charge in [0.2, 0.25) is 0 Å². The van der Waals surface area contributed by atoms with Crippen LogP contribution in [0.2, 0.25) is 0 Å². The fourth-order valence-corrected chi connectivity index (χ4v) is 1.75. The van der Waals surface area contributed by atoms with Crippen LogP contribution in [0.5, 0.6) is 0 Å². The highest BCUT2D eigenvalue weighted by molar-refractivity contribution is 5.55. The molecule has 1 heterocycles. The maximum Gasteiger partial charge on any atom is 0.194 e. The first-order valence-corrected chi connectivity index (χ1v) is 5.64. The number of nitrogens with two attached hydrogens (primary N) is 1. The predicted molar refractivity (Wildman–Crippen MR) is 64.7 cm³/mol. The van der Waals surface area contributed by atoms with E-state index in [1.165, 1.54) is 6.20 Å². The Hall–Kier alpha value is -1.95. The molecule has 1 aromatic heterocycles. The maximum atomic E-state index is 13.1. The molecule has 2 N–H and O–H groups in total. The molecule has 0 aliphatic carbocycles. The van der Waals surface area contributed by atoms with Gasteiger partial charge in [-0.2, -0.15) is 0 Å². The van der Waals surface area contributed by atoms with Crippen LogP contribution < -0.4 is 5.73 Å². The summed E-state index contributed by atoms with van der Waals surface area (Å²) in [7, 11) is 0. The van der Waals surface area contributed by atoms with Crippen LogP contribution in [0.4, 0.5) is 13.2 Å². The van der Waals surface area contributed by atoms with Gasteiger partial charge in [0, 0.05) is 29.1 Å². The minimum absolute atomic E-state index is 0.0794. The summed E-state index contributed by atoms with van der Waals surface area (Å²) in [5.74, 6) is -3.92. The lowest BCUT2D eigenvalue weighted by Gasteiger charge is -2.10. The molecule has 1 unspecified atom stereocenters. The van der Waals surface area contributed by atoms with Crippen molar-refractivity contribution in [1.82, 2.24) is 9.97 Å². The average Bonchev–Trinajstić information content (AvgIpc) is 2.34. The van der Waals surface area contributed by atoms with Gasteiger partial charge in [0.05, 0.1) is 0 Å². The van der Waals surface area contributed by atoms with Gasteiger partial charge >= 0.3 is 0 Å². The molecular weight excluding hydrogens is 255 g/mol. The van der Waals surface area contributed by atoms with Gasteiger partial charge in [0.25, 0.3) is 0 Å². The number of aromatic nitrogens is 2. The first-order chi connectivity index (χ1) is 8.90. The molecule has 0 aliphatic heterocycles. The van der Waals surface area contributed by atoms with Gasteiger partial charge in [-0.1, -0.05) is 0 Å². The van der Waals surface area contributed by atoms with Crippen LogP contribution in [0.1, 0.15) is 24.2 Å². The molecule has 0 aliphatic rings. The highest BCUT2D eigenvalue weighted by atomic mass is 19.2. The molecule has 0 radical (unpaired) electrons. The van der Waals surface area contributed by atoms with E-state index in [9.17, 15) is 13.2 Å². The van der Waals surface area contributed by atoms with E-state index in [1.54, 1.807) is 13.8 Å². The Morgan fingerprint density at radius 1 is 1.16 bits per heavy atom. The van der Waals surface area contributed by atoms with Crippen molar-refractivity contribution in [3.8, 4) is 11.4 Å². The lowest BCUT2D eigenvalue weighted by atomic mass is 10.1. The van der Waals surface area contributed by atoms with E-state index in [0.29, 0.717) is 5.69 Å².